The van der Waals surface area contributed by atoms with Crippen LogP contribution in [0.15, 0.2) is 24.3 Å². The van der Waals surface area contributed by atoms with Gasteiger partial charge in [0.15, 0.2) is 0 Å². The molecule has 1 aliphatic carbocycles. The van der Waals surface area contributed by atoms with Crippen LogP contribution in [0.25, 0.3) is 0 Å². The summed E-state index contributed by atoms with van der Waals surface area (Å²) >= 11 is 0. The number of aliphatic hydroxyl groups is 1. The normalized spacial score (nSPS) is 32.2. The van der Waals surface area contributed by atoms with Gasteiger partial charge in [-0.25, -0.2) is 0 Å². The molecule has 100 valence electrons. The Morgan fingerprint density at radius 3 is 2.50 bits per heavy atom. The van der Waals surface area contributed by atoms with E-state index in [0.717, 1.165) is 36.5 Å². The zero-order chi connectivity index (χ0) is 13.2. The Bertz CT molecular complexity index is 385. The highest BCUT2D eigenvalue weighted by atomic mass is 16.5. The fourth-order valence-electron chi connectivity index (χ4n) is 3.06. The minimum Gasteiger partial charge on any atom is -0.494 e. The monoisotopic (exact) mass is 248 g/mol. The molecule has 1 saturated carbocycles. The van der Waals surface area contributed by atoms with Crippen LogP contribution < -0.4 is 4.74 Å². The van der Waals surface area contributed by atoms with Gasteiger partial charge in [-0.15, -0.1) is 0 Å². The van der Waals surface area contributed by atoms with Crippen LogP contribution in [0.3, 0.4) is 0 Å². The van der Waals surface area contributed by atoms with E-state index >= 15 is 0 Å². The number of rotatable bonds is 3. The first-order valence-electron chi connectivity index (χ1n) is 7.02. The minimum absolute atomic E-state index is 0.319. The molecule has 18 heavy (non-hydrogen) atoms. The summed E-state index contributed by atoms with van der Waals surface area (Å²) in [4.78, 5) is 0. The van der Waals surface area contributed by atoms with Crippen molar-refractivity contribution in [3.05, 3.63) is 29.8 Å². The van der Waals surface area contributed by atoms with Gasteiger partial charge in [0.05, 0.1) is 12.2 Å². The SMILES string of the molecule is CCOc1ccc(C2(O)CCC(C)CC2C)cc1. The highest BCUT2D eigenvalue weighted by Crippen LogP contribution is 2.43. The van der Waals surface area contributed by atoms with Crippen LogP contribution >= 0.6 is 0 Å². The Kier molecular flexibility index (Phi) is 3.96. The van der Waals surface area contributed by atoms with Crippen molar-refractivity contribution in [2.45, 2.75) is 45.6 Å². The molecule has 1 N–H and O–H groups in total. The molecule has 0 spiro atoms. The van der Waals surface area contributed by atoms with Gasteiger partial charge in [0.25, 0.3) is 0 Å². The molecule has 3 atom stereocenters. The second-order valence-corrected chi connectivity index (χ2v) is 5.66. The van der Waals surface area contributed by atoms with E-state index in [0.29, 0.717) is 12.5 Å². The quantitative estimate of drug-likeness (QED) is 0.883. The van der Waals surface area contributed by atoms with Gasteiger partial charge in [-0.1, -0.05) is 26.0 Å². The number of hydrogen-bond acceptors (Lipinski definition) is 2. The topological polar surface area (TPSA) is 29.5 Å². The molecule has 0 aliphatic heterocycles. The van der Waals surface area contributed by atoms with E-state index in [2.05, 4.69) is 13.8 Å². The molecular formula is C16H24O2. The molecule has 3 unspecified atom stereocenters. The summed E-state index contributed by atoms with van der Waals surface area (Å²) in [5.74, 6) is 1.92. The molecule has 1 aliphatic rings. The van der Waals surface area contributed by atoms with Crippen LogP contribution in [-0.2, 0) is 5.60 Å². The van der Waals surface area contributed by atoms with Crippen molar-refractivity contribution >= 4 is 0 Å². The van der Waals surface area contributed by atoms with Crippen LogP contribution in [-0.4, -0.2) is 11.7 Å². The van der Waals surface area contributed by atoms with Crippen LogP contribution in [0, 0.1) is 11.8 Å². The first-order chi connectivity index (χ1) is 8.56. The first-order valence-corrected chi connectivity index (χ1v) is 7.02. The predicted octanol–water partition coefficient (Wildman–Crippen LogP) is 3.73. The summed E-state index contributed by atoms with van der Waals surface area (Å²) in [6.45, 7) is 7.09. The van der Waals surface area contributed by atoms with E-state index in [1.165, 1.54) is 0 Å². The lowest BCUT2D eigenvalue weighted by atomic mass is 9.69. The van der Waals surface area contributed by atoms with Crippen molar-refractivity contribution in [1.29, 1.82) is 0 Å². The Morgan fingerprint density at radius 2 is 1.94 bits per heavy atom. The second-order valence-electron chi connectivity index (χ2n) is 5.66. The van der Waals surface area contributed by atoms with Gasteiger partial charge in [-0.3, -0.25) is 0 Å². The van der Waals surface area contributed by atoms with Crippen molar-refractivity contribution in [1.82, 2.24) is 0 Å². The smallest absolute Gasteiger partial charge is 0.119 e. The Labute approximate surface area is 110 Å². The van der Waals surface area contributed by atoms with E-state index in [1.54, 1.807) is 0 Å². The third kappa shape index (κ3) is 2.54. The Balaban J connectivity index is 2.19. The molecule has 2 nitrogen and oxygen atoms in total. The molecule has 0 aromatic heterocycles. The molecule has 0 amide bonds. The minimum atomic E-state index is -0.656. The highest BCUT2D eigenvalue weighted by Gasteiger charge is 2.39. The van der Waals surface area contributed by atoms with E-state index in [1.807, 2.05) is 31.2 Å². The second kappa shape index (κ2) is 5.31. The zero-order valence-electron chi connectivity index (χ0n) is 11.6. The van der Waals surface area contributed by atoms with E-state index in [-0.39, 0.29) is 0 Å². The molecular weight excluding hydrogens is 224 g/mol. The lowest BCUT2D eigenvalue weighted by Gasteiger charge is -2.41. The van der Waals surface area contributed by atoms with Gasteiger partial charge in [0.2, 0.25) is 0 Å². The fourth-order valence-corrected chi connectivity index (χ4v) is 3.06. The van der Waals surface area contributed by atoms with Gasteiger partial charge >= 0.3 is 0 Å². The Hall–Kier alpha value is -1.02. The third-order valence-electron chi connectivity index (χ3n) is 4.25. The van der Waals surface area contributed by atoms with Gasteiger partial charge in [-0.2, -0.15) is 0 Å². The first kappa shape index (κ1) is 13.4. The third-order valence-corrected chi connectivity index (χ3v) is 4.25. The molecule has 1 aromatic carbocycles. The van der Waals surface area contributed by atoms with Crippen molar-refractivity contribution < 1.29 is 9.84 Å². The lowest BCUT2D eigenvalue weighted by molar-refractivity contribution is -0.0588. The largest absolute Gasteiger partial charge is 0.494 e. The van der Waals surface area contributed by atoms with Crippen LogP contribution in [0.4, 0.5) is 0 Å². The summed E-state index contributed by atoms with van der Waals surface area (Å²) < 4.78 is 5.44. The summed E-state index contributed by atoms with van der Waals surface area (Å²) in [5.41, 5.74) is 0.377. The maximum Gasteiger partial charge on any atom is 0.119 e. The maximum absolute atomic E-state index is 10.9. The predicted molar refractivity (Wildman–Crippen MR) is 73.7 cm³/mol. The van der Waals surface area contributed by atoms with E-state index in [4.69, 9.17) is 4.74 Å². The molecule has 0 radical (unpaired) electrons. The van der Waals surface area contributed by atoms with E-state index < -0.39 is 5.60 Å². The number of benzene rings is 1. The summed E-state index contributed by atoms with van der Waals surface area (Å²) in [6.07, 6.45) is 3.07. The van der Waals surface area contributed by atoms with Gasteiger partial charge in [-0.05, 0) is 55.7 Å². The molecule has 1 aromatic rings. The molecule has 2 rings (SSSR count). The fraction of sp³-hybridized carbons (Fsp3) is 0.625. The molecule has 0 bridgehead atoms. The van der Waals surface area contributed by atoms with Crippen molar-refractivity contribution in [3.8, 4) is 5.75 Å². The van der Waals surface area contributed by atoms with Crippen LogP contribution in [0.5, 0.6) is 5.75 Å². The molecule has 1 fully saturated rings. The molecule has 0 saturated heterocycles. The highest BCUT2D eigenvalue weighted by molar-refractivity contribution is 5.31. The summed E-state index contributed by atoms with van der Waals surface area (Å²) in [7, 11) is 0. The van der Waals surface area contributed by atoms with E-state index in [9.17, 15) is 5.11 Å². The standard InChI is InChI=1S/C16H24O2/c1-4-18-15-7-5-14(6-8-15)16(17)10-9-12(2)11-13(16)3/h5-8,12-13,17H,4,9-11H2,1-3H3. The molecule has 2 heteroatoms. The lowest BCUT2D eigenvalue weighted by Crippen LogP contribution is -2.38. The van der Waals surface area contributed by atoms with Gasteiger partial charge < -0.3 is 9.84 Å². The average molecular weight is 248 g/mol. The number of ether oxygens (including phenoxy) is 1. The van der Waals surface area contributed by atoms with Crippen molar-refractivity contribution in [2.24, 2.45) is 11.8 Å². The van der Waals surface area contributed by atoms with Gasteiger partial charge in [0, 0.05) is 0 Å². The number of hydrogen-bond donors (Lipinski definition) is 1. The van der Waals surface area contributed by atoms with Crippen molar-refractivity contribution in [2.75, 3.05) is 6.61 Å². The summed E-state index contributed by atoms with van der Waals surface area (Å²) in [5, 5.41) is 10.9. The zero-order valence-corrected chi connectivity index (χ0v) is 11.6. The molecule has 0 heterocycles. The van der Waals surface area contributed by atoms with Gasteiger partial charge in [0.1, 0.15) is 5.75 Å². The van der Waals surface area contributed by atoms with Crippen molar-refractivity contribution in [3.63, 3.8) is 0 Å². The Morgan fingerprint density at radius 1 is 1.28 bits per heavy atom. The average Bonchev–Trinajstić information content (AvgIpc) is 2.36. The van der Waals surface area contributed by atoms with Crippen LogP contribution in [0.1, 0.15) is 45.6 Å². The van der Waals surface area contributed by atoms with Crippen LogP contribution in [0.2, 0.25) is 0 Å². The summed E-state index contributed by atoms with van der Waals surface area (Å²) in [6, 6.07) is 7.94. The maximum atomic E-state index is 10.9.